The number of aliphatic hydroxyl groups is 1. The second-order valence-corrected chi connectivity index (χ2v) is 4.67. The topological polar surface area (TPSA) is 33.4 Å². The number of para-hydroxylation sites is 1. The maximum atomic E-state index is 13.4. The number of fused-ring (bicyclic) bond motifs is 1. The van der Waals surface area contributed by atoms with Crippen molar-refractivity contribution in [2.75, 3.05) is 0 Å². The van der Waals surface area contributed by atoms with Crippen LogP contribution in [0.25, 0.3) is 11.0 Å². The van der Waals surface area contributed by atoms with Gasteiger partial charge in [-0.25, -0.2) is 4.39 Å². The molecule has 0 bridgehead atoms. The fraction of sp³-hybridized carbons (Fsp3) is 0.0667. The molecule has 1 N–H and O–H groups in total. The molecule has 0 fully saturated rings. The van der Waals surface area contributed by atoms with Gasteiger partial charge in [-0.2, -0.15) is 0 Å². The van der Waals surface area contributed by atoms with Gasteiger partial charge in [-0.3, -0.25) is 0 Å². The highest BCUT2D eigenvalue weighted by Gasteiger charge is 2.16. The summed E-state index contributed by atoms with van der Waals surface area (Å²) in [5.41, 5.74) is 1.09. The lowest BCUT2D eigenvalue weighted by atomic mass is 10.1. The average Bonchev–Trinajstić information content (AvgIpc) is 2.85. The van der Waals surface area contributed by atoms with E-state index in [0.717, 1.165) is 5.39 Å². The molecule has 2 nitrogen and oxygen atoms in total. The van der Waals surface area contributed by atoms with Gasteiger partial charge in [-0.1, -0.05) is 35.9 Å². The number of hydrogen-bond acceptors (Lipinski definition) is 2. The van der Waals surface area contributed by atoms with E-state index < -0.39 is 11.9 Å². The monoisotopic (exact) mass is 276 g/mol. The smallest absolute Gasteiger partial charge is 0.142 e. The van der Waals surface area contributed by atoms with Gasteiger partial charge in [0.1, 0.15) is 23.3 Å². The van der Waals surface area contributed by atoms with Crippen molar-refractivity contribution < 1.29 is 13.9 Å². The first-order valence-electron chi connectivity index (χ1n) is 5.76. The first-order chi connectivity index (χ1) is 9.15. The summed E-state index contributed by atoms with van der Waals surface area (Å²) in [5, 5.41) is 11.1. The minimum atomic E-state index is -1.01. The van der Waals surface area contributed by atoms with Crippen molar-refractivity contribution in [3.63, 3.8) is 0 Å². The van der Waals surface area contributed by atoms with Crippen LogP contribution in [0.2, 0.25) is 5.02 Å². The molecule has 1 atom stereocenters. The largest absolute Gasteiger partial charge is 0.458 e. The molecule has 96 valence electrons. The van der Waals surface area contributed by atoms with Crippen LogP contribution in [0.4, 0.5) is 4.39 Å². The number of halogens is 2. The molecule has 0 saturated carbocycles. The highest BCUT2D eigenvalue weighted by molar-refractivity contribution is 6.30. The van der Waals surface area contributed by atoms with Crippen LogP contribution in [0.5, 0.6) is 0 Å². The van der Waals surface area contributed by atoms with Crippen molar-refractivity contribution in [3.8, 4) is 0 Å². The lowest BCUT2D eigenvalue weighted by Crippen LogP contribution is -1.98. The van der Waals surface area contributed by atoms with E-state index >= 15 is 0 Å². The fourth-order valence-corrected chi connectivity index (χ4v) is 2.10. The maximum Gasteiger partial charge on any atom is 0.142 e. The second-order valence-electron chi connectivity index (χ2n) is 4.26. The number of furan rings is 1. The molecule has 0 radical (unpaired) electrons. The summed E-state index contributed by atoms with van der Waals surface area (Å²) in [5.74, 6) is -0.183. The van der Waals surface area contributed by atoms with E-state index in [1.165, 1.54) is 12.1 Å². The van der Waals surface area contributed by atoms with Crippen molar-refractivity contribution in [2.45, 2.75) is 6.10 Å². The van der Waals surface area contributed by atoms with Crippen LogP contribution >= 0.6 is 11.6 Å². The molecule has 2 aromatic carbocycles. The van der Waals surface area contributed by atoms with Gasteiger partial charge >= 0.3 is 0 Å². The summed E-state index contributed by atoms with van der Waals surface area (Å²) in [6.45, 7) is 0. The summed E-state index contributed by atoms with van der Waals surface area (Å²) in [7, 11) is 0. The van der Waals surface area contributed by atoms with Gasteiger partial charge in [0.25, 0.3) is 0 Å². The molecular formula is C15H10ClFO2. The van der Waals surface area contributed by atoms with Crippen molar-refractivity contribution in [1.29, 1.82) is 0 Å². The van der Waals surface area contributed by atoms with E-state index in [4.69, 9.17) is 16.0 Å². The molecule has 1 aromatic heterocycles. The molecule has 0 amide bonds. The predicted octanol–water partition coefficient (Wildman–Crippen LogP) is 4.31. The van der Waals surface area contributed by atoms with E-state index in [9.17, 15) is 9.50 Å². The highest BCUT2D eigenvalue weighted by atomic mass is 35.5. The second kappa shape index (κ2) is 4.68. The molecule has 1 heterocycles. The summed E-state index contributed by atoms with van der Waals surface area (Å²) >= 11 is 5.62. The third kappa shape index (κ3) is 2.23. The molecule has 0 aliphatic rings. The first kappa shape index (κ1) is 12.2. The van der Waals surface area contributed by atoms with Crippen molar-refractivity contribution in [2.24, 2.45) is 0 Å². The highest BCUT2D eigenvalue weighted by Crippen LogP contribution is 2.29. The molecule has 4 heteroatoms. The van der Waals surface area contributed by atoms with Gasteiger partial charge < -0.3 is 9.52 Å². The van der Waals surface area contributed by atoms with Crippen LogP contribution in [-0.4, -0.2) is 5.11 Å². The minimum Gasteiger partial charge on any atom is -0.458 e. The molecule has 3 aromatic rings. The Morgan fingerprint density at radius 2 is 1.89 bits per heavy atom. The van der Waals surface area contributed by atoms with E-state index in [1.54, 1.807) is 12.1 Å². The van der Waals surface area contributed by atoms with Gasteiger partial charge in [0.05, 0.1) is 5.02 Å². The van der Waals surface area contributed by atoms with Crippen LogP contribution in [0.1, 0.15) is 17.4 Å². The third-order valence-electron chi connectivity index (χ3n) is 2.97. The standard InChI is InChI=1S/C15H10ClFO2/c16-11-6-5-10(7-12(11)17)15(18)14-8-9-3-1-2-4-13(9)19-14/h1-8,15,18H. The Bertz CT molecular complexity index is 703. The summed E-state index contributed by atoms with van der Waals surface area (Å²) in [6, 6.07) is 13.4. The normalized spacial score (nSPS) is 12.8. The molecule has 19 heavy (non-hydrogen) atoms. The molecule has 0 spiro atoms. The van der Waals surface area contributed by atoms with Gasteiger partial charge in [-0.15, -0.1) is 0 Å². The van der Waals surface area contributed by atoms with Crippen molar-refractivity contribution in [1.82, 2.24) is 0 Å². The summed E-state index contributed by atoms with van der Waals surface area (Å²) in [6.07, 6.45) is -1.01. The number of hydrogen-bond donors (Lipinski definition) is 1. The predicted molar refractivity (Wildman–Crippen MR) is 71.7 cm³/mol. The Morgan fingerprint density at radius 1 is 1.11 bits per heavy atom. The van der Waals surface area contributed by atoms with Crippen molar-refractivity contribution in [3.05, 3.63) is 70.7 Å². The van der Waals surface area contributed by atoms with Crippen LogP contribution in [0.15, 0.2) is 52.9 Å². The average molecular weight is 277 g/mol. The number of benzene rings is 2. The first-order valence-corrected chi connectivity index (χ1v) is 6.14. The Hall–Kier alpha value is -1.84. The van der Waals surface area contributed by atoms with Crippen LogP contribution in [-0.2, 0) is 0 Å². The van der Waals surface area contributed by atoms with Gasteiger partial charge in [-0.05, 0) is 29.8 Å². The number of aliphatic hydroxyl groups excluding tert-OH is 1. The minimum absolute atomic E-state index is 0.0283. The molecule has 0 aliphatic carbocycles. The molecule has 0 saturated heterocycles. The Labute approximate surface area is 114 Å². The van der Waals surface area contributed by atoms with Gasteiger partial charge in [0.15, 0.2) is 0 Å². The Morgan fingerprint density at radius 3 is 2.63 bits per heavy atom. The van der Waals surface area contributed by atoms with Gasteiger partial charge in [0.2, 0.25) is 0 Å². The number of rotatable bonds is 2. The van der Waals surface area contributed by atoms with Crippen molar-refractivity contribution >= 4 is 22.6 Å². The lowest BCUT2D eigenvalue weighted by molar-refractivity contribution is 0.192. The fourth-order valence-electron chi connectivity index (χ4n) is 1.98. The molecule has 3 rings (SSSR count). The van der Waals surface area contributed by atoms with E-state index in [1.807, 2.05) is 24.3 Å². The van der Waals surface area contributed by atoms with Gasteiger partial charge in [0, 0.05) is 5.39 Å². The van der Waals surface area contributed by atoms with Crippen LogP contribution in [0.3, 0.4) is 0 Å². The Balaban J connectivity index is 2.02. The molecular weight excluding hydrogens is 267 g/mol. The zero-order valence-electron chi connectivity index (χ0n) is 9.81. The Kier molecular flexibility index (Phi) is 3.01. The van der Waals surface area contributed by atoms with E-state index in [0.29, 0.717) is 16.9 Å². The quantitative estimate of drug-likeness (QED) is 0.757. The molecule has 0 aliphatic heterocycles. The third-order valence-corrected chi connectivity index (χ3v) is 3.28. The zero-order valence-corrected chi connectivity index (χ0v) is 10.6. The van der Waals surface area contributed by atoms with Crippen LogP contribution in [0, 0.1) is 5.82 Å². The molecule has 1 unspecified atom stereocenters. The maximum absolute atomic E-state index is 13.4. The SMILES string of the molecule is OC(c1ccc(Cl)c(F)c1)c1cc2ccccc2o1. The van der Waals surface area contributed by atoms with E-state index in [-0.39, 0.29) is 5.02 Å². The zero-order chi connectivity index (χ0) is 13.4. The summed E-state index contributed by atoms with van der Waals surface area (Å²) < 4.78 is 18.9. The van der Waals surface area contributed by atoms with Crippen LogP contribution < -0.4 is 0 Å². The summed E-state index contributed by atoms with van der Waals surface area (Å²) in [4.78, 5) is 0. The lowest BCUT2D eigenvalue weighted by Gasteiger charge is -2.08. The van der Waals surface area contributed by atoms with E-state index in [2.05, 4.69) is 0 Å².